The third-order valence-electron chi connectivity index (χ3n) is 9.05. The fraction of sp³-hybridized carbons (Fsp3) is 0.511. The van der Waals surface area contributed by atoms with Crippen LogP contribution in [0.5, 0.6) is 0 Å². The van der Waals surface area contributed by atoms with Crippen LogP contribution in [0, 0.1) is 0 Å². The average molecular weight is 931 g/mol. The van der Waals surface area contributed by atoms with E-state index in [1.54, 1.807) is 53.6 Å². The first-order chi connectivity index (χ1) is 25.7. The molecule has 5 rings (SSSR count). The van der Waals surface area contributed by atoms with E-state index in [2.05, 4.69) is 146 Å². The van der Waals surface area contributed by atoms with E-state index in [0.29, 0.717) is 29.6 Å². The van der Waals surface area contributed by atoms with Gasteiger partial charge in [0.2, 0.25) is 0 Å². The normalized spacial score (nSPS) is 11.5. The van der Waals surface area contributed by atoms with Gasteiger partial charge in [-0.2, -0.15) is 42.3 Å². The standard InChI is InChI=1S/C41H51N2OS.3C2H6N.Hf/c1-12-35-38(31-16-13-14-19-36(31)44-35)34-22-45-41(42-34)40(43-39-29(24(4)5)17-15-18-30(39)25(6)7)37-32(26(8)9)20-28(23(2)3)21-33(37)27(10)11;3*1-3-2;/h13-27,40H,12H2,1-11H3;3*1-2H3;/q4*-1;. The van der Waals surface area contributed by atoms with Crippen molar-refractivity contribution in [3.8, 4) is 11.3 Å². The van der Waals surface area contributed by atoms with Crippen LogP contribution in [0.4, 0.5) is 5.69 Å². The molecule has 0 aliphatic carbocycles. The minimum absolute atomic E-state index is 0. The van der Waals surface area contributed by atoms with E-state index in [-0.39, 0.29) is 31.9 Å². The summed E-state index contributed by atoms with van der Waals surface area (Å²) in [4.78, 5) is 5.46. The zero-order chi connectivity index (χ0) is 40.7. The maximum atomic E-state index is 6.31. The quantitative estimate of drug-likeness (QED) is 0.124. The number of thiazole rings is 1. The van der Waals surface area contributed by atoms with Gasteiger partial charge in [0, 0.05) is 43.0 Å². The number of furan rings is 1. The molecule has 0 amide bonds. The summed E-state index contributed by atoms with van der Waals surface area (Å²) in [6.45, 7) is 25.2. The summed E-state index contributed by atoms with van der Waals surface area (Å²) in [6.07, 6.45) is 0.815. The van der Waals surface area contributed by atoms with Crippen molar-refractivity contribution in [3.05, 3.63) is 125 Å². The van der Waals surface area contributed by atoms with Crippen molar-refractivity contribution < 1.29 is 30.3 Å². The largest absolute Gasteiger partial charge is 0.672 e. The fourth-order valence-corrected chi connectivity index (χ4v) is 7.37. The van der Waals surface area contributed by atoms with Gasteiger partial charge in [-0.3, -0.25) is 0 Å². The van der Waals surface area contributed by atoms with Crippen LogP contribution >= 0.6 is 11.3 Å². The van der Waals surface area contributed by atoms with E-state index < -0.39 is 0 Å². The molecular weight excluding hydrogens is 861 g/mol. The second-order valence-corrected chi connectivity index (χ2v) is 16.3. The van der Waals surface area contributed by atoms with Crippen LogP contribution in [0.3, 0.4) is 0 Å². The Morgan fingerprint density at radius 1 is 0.636 bits per heavy atom. The van der Waals surface area contributed by atoms with E-state index in [1.807, 2.05) is 6.07 Å². The number of benzene rings is 3. The Hall–Kier alpha value is -2.62. The Morgan fingerprint density at radius 3 is 1.55 bits per heavy atom. The second kappa shape index (κ2) is 24.9. The van der Waals surface area contributed by atoms with Crippen LogP contribution in [0.15, 0.2) is 64.4 Å². The Balaban J connectivity index is 0.00000138. The predicted molar refractivity (Wildman–Crippen MR) is 241 cm³/mol. The van der Waals surface area contributed by atoms with E-state index in [0.717, 1.165) is 45.1 Å². The first kappa shape index (κ1) is 50.4. The maximum absolute atomic E-state index is 6.31. The van der Waals surface area contributed by atoms with Crippen LogP contribution in [-0.2, 0) is 32.3 Å². The minimum atomic E-state index is -0.222. The average Bonchev–Trinajstić information content (AvgIpc) is 3.75. The van der Waals surface area contributed by atoms with Crippen molar-refractivity contribution in [2.75, 3.05) is 42.3 Å². The third kappa shape index (κ3) is 13.2. The van der Waals surface area contributed by atoms with Crippen LogP contribution < -0.4 is 0 Å². The van der Waals surface area contributed by atoms with E-state index in [1.165, 1.54) is 33.4 Å². The first-order valence-electron chi connectivity index (χ1n) is 19.6. The minimum Gasteiger partial charge on any atom is -0.672 e. The first-order valence-corrected chi connectivity index (χ1v) is 20.5. The Bertz CT molecular complexity index is 1780. The molecule has 302 valence electrons. The predicted octanol–water partition coefficient (Wildman–Crippen LogP) is 15.4. The van der Waals surface area contributed by atoms with Gasteiger partial charge in [-0.1, -0.05) is 136 Å². The van der Waals surface area contributed by atoms with Gasteiger partial charge in [-0.15, -0.1) is 17.0 Å². The van der Waals surface area contributed by atoms with Crippen molar-refractivity contribution in [1.29, 1.82) is 0 Å². The topological polar surface area (TPSA) is 82.4 Å². The second-order valence-electron chi connectivity index (χ2n) is 15.4. The number of fused-ring (bicyclic) bond motifs is 1. The smallest absolute Gasteiger partial charge is 0.134 e. The van der Waals surface area contributed by atoms with E-state index in [9.17, 15) is 0 Å². The van der Waals surface area contributed by atoms with Gasteiger partial charge in [0.05, 0.1) is 16.3 Å². The number of rotatable bonds is 11. The maximum Gasteiger partial charge on any atom is 0.134 e. The molecule has 0 saturated heterocycles. The fourth-order valence-electron chi connectivity index (χ4n) is 6.51. The van der Waals surface area contributed by atoms with Gasteiger partial charge in [0.25, 0.3) is 0 Å². The molecule has 0 fully saturated rings. The molecule has 5 aromatic rings. The molecule has 8 heteroatoms. The Kier molecular flexibility index (Phi) is 22.8. The van der Waals surface area contributed by atoms with Crippen molar-refractivity contribution in [3.63, 3.8) is 0 Å². The molecule has 0 radical (unpaired) electrons. The zero-order valence-corrected chi connectivity index (χ0v) is 41.4. The van der Waals surface area contributed by atoms with Crippen molar-refractivity contribution >= 4 is 28.0 Å². The SMILES string of the molecule is CCc1oc2ccccc2c1-c1csc(C([N-]c2c(C(C)C)cccc2C(C)C)c2c(C(C)C)cc(C(C)C)cc2C(C)C)n1.C[N-]C.C[N-]C.C[N-]C.[Hf]. The summed E-state index contributed by atoms with van der Waals surface area (Å²) in [5.74, 6) is 2.85. The van der Waals surface area contributed by atoms with Gasteiger partial charge in [-0.05, 0) is 64.0 Å². The summed E-state index contributed by atoms with van der Waals surface area (Å²) in [6, 6.07) is 19.7. The molecule has 0 spiro atoms. The molecule has 1 unspecified atom stereocenters. The Morgan fingerprint density at radius 2 is 1.11 bits per heavy atom. The number of hydrogen-bond acceptors (Lipinski definition) is 3. The summed E-state index contributed by atoms with van der Waals surface area (Å²) in [5, 5.41) is 20.7. The molecule has 1 atom stereocenters. The van der Waals surface area contributed by atoms with Crippen LogP contribution in [0.1, 0.15) is 156 Å². The third-order valence-corrected chi connectivity index (χ3v) is 9.95. The van der Waals surface area contributed by atoms with Crippen molar-refractivity contribution in [1.82, 2.24) is 4.98 Å². The van der Waals surface area contributed by atoms with Crippen LogP contribution in [0.2, 0.25) is 0 Å². The number of nitrogens with zero attached hydrogens (tertiary/aromatic N) is 5. The number of aryl methyl sites for hydroxylation is 1. The van der Waals surface area contributed by atoms with E-state index >= 15 is 0 Å². The van der Waals surface area contributed by atoms with Crippen molar-refractivity contribution in [2.24, 2.45) is 0 Å². The number of aromatic nitrogens is 1. The van der Waals surface area contributed by atoms with Crippen molar-refractivity contribution in [2.45, 2.75) is 118 Å². The molecule has 0 bridgehead atoms. The molecule has 6 nitrogen and oxygen atoms in total. The molecule has 2 heterocycles. The van der Waals surface area contributed by atoms with Gasteiger partial charge in [-0.25, -0.2) is 4.98 Å². The molecule has 2 aromatic heterocycles. The summed E-state index contributed by atoms with van der Waals surface area (Å²) in [5.41, 5.74) is 12.2. The monoisotopic (exact) mass is 931 g/mol. The molecule has 0 aliphatic rings. The van der Waals surface area contributed by atoms with Crippen LogP contribution in [-0.4, -0.2) is 47.3 Å². The van der Waals surface area contributed by atoms with Gasteiger partial charge >= 0.3 is 0 Å². The van der Waals surface area contributed by atoms with Crippen LogP contribution in [0.25, 0.3) is 43.5 Å². The molecule has 0 N–H and O–H groups in total. The number of para-hydroxylation sites is 2. The van der Waals surface area contributed by atoms with Gasteiger partial charge < -0.3 is 25.7 Å². The molecule has 0 aliphatic heterocycles. The number of hydrogen-bond donors (Lipinski definition) is 0. The van der Waals surface area contributed by atoms with Gasteiger partial charge in [0.15, 0.2) is 0 Å². The molecule has 0 saturated carbocycles. The van der Waals surface area contributed by atoms with E-state index in [4.69, 9.17) is 14.7 Å². The summed E-state index contributed by atoms with van der Waals surface area (Å²) in [7, 11) is 10.5. The Labute approximate surface area is 358 Å². The summed E-state index contributed by atoms with van der Waals surface area (Å²) < 4.78 is 6.31. The molecule has 55 heavy (non-hydrogen) atoms. The molecular formula is C47H69HfN5OS-4. The van der Waals surface area contributed by atoms with Gasteiger partial charge in [0.1, 0.15) is 11.3 Å². The zero-order valence-electron chi connectivity index (χ0n) is 37.0. The summed E-state index contributed by atoms with van der Waals surface area (Å²) >= 11 is 1.73. The molecule has 3 aromatic carbocycles.